The van der Waals surface area contributed by atoms with Crippen LogP contribution in [-0.4, -0.2) is 96.2 Å². The quantitative estimate of drug-likeness (QED) is 0.0618. The summed E-state index contributed by atoms with van der Waals surface area (Å²) in [5.74, 6) is 0.677. The van der Waals surface area contributed by atoms with Crippen LogP contribution >= 0.6 is 0 Å². The molecule has 4 saturated heterocycles. The number of nitrogens with two attached hydrogens (primary N) is 2. The van der Waals surface area contributed by atoms with Crippen molar-refractivity contribution in [3.8, 4) is 0 Å². The van der Waals surface area contributed by atoms with Gasteiger partial charge in [-0.05, 0) is 110 Å². The zero-order valence-electron chi connectivity index (χ0n) is 35.8. The number of rotatable bonds is 25. The Morgan fingerprint density at radius 1 is 0.804 bits per heavy atom. The number of guanidine groups is 1. The number of unbranched alkanes of at least 4 members (excludes halogenated alkanes) is 13. The molecular weight excluding hydrogens is 705 g/mol. The molecule has 0 aromatic carbocycles. The van der Waals surface area contributed by atoms with E-state index < -0.39 is 11.6 Å². The zero-order valence-corrected chi connectivity index (χ0v) is 35.8. The minimum Gasteiger partial charge on any atom is -0.465 e. The first kappa shape index (κ1) is 45.1. The fraction of sp³-hybridized carbons (Fsp3) is 0.933. The molecule has 5 heterocycles. The molecule has 0 radical (unpaired) electrons. The Morgan fingerprint density at radius 3 is 2.16 bits per heavy atom. The Kier molecular flexibility index (Phi) is 19.0. The molecule has 5 aliphatic heterocycles. The molecule has 322 valence electrons. The van der Waals surface area contributed by atoms with Crippen molar-refractivity contribution in [1.29, 1.82) is 0 Å². The Morgan fingerprint density at radius 2 is 1.48 bits per heavy atom. The molecule has 2 spiro atoms. The van der Waals surface area contributed by atoms with E-state index in [9.17, 15) is 9.59 Å². The number of hydrogen-bond donors (Lipinski definition) is 3. The van der Waals surface area contributed by atoms with Crippen molar-refractivity contribution < 1.29 is 23.8 Å². The van der Waals surface area contributed by atoms with Crippen molar-refractivity contribution >= 4 is 17.8 Å². The Balaban J connectivity index is 0.945. The maximum Gasteiger partial charge on any atom is 0.316 e. The van der Waals surface area contributed by atoms with Crippen LogP contribution in [0.5, 0.6) is 0 Å². The fourth-order valence-electron chi connectivity index (χ4n) is 10.4. The van der Waals surface area contributed by atoms with Crippen LogP contribution in [0.2, 0.25) is 0 Å². The van der Waals surface area contributed by atoms with E-state index in [0.717, 1.165) is 122 Å². The van der Waals surface area contributed by atoms with Gasteiger partial charge in [-0.3, -0.25) is 9.59 Å². The Hall–Kier alpha value is -1.95. The number of carbonyl (C=O) groups is 2. The molecule has 4 fully saturated rings. The third-order valence-corrected chi connectivity index (χ3v) is 13.5. The summed E-state index contributed by atoms with van der Waals surface area (Å²) in [6, 6.07) is 0.386. The molecule has 5 rings (SSSR count). The van der Waals surface area contributed by atoms with Gasteiger partial charge in [0.1, 0.15) is 11.6 Å². The fourth-order valence-corrected chi connectivity index (χ4v) is 10.4. The average molecular weight is 787 g/mol. The minimum atomic E-state index is -0.863. The van der Waals surface area contributed by atoms with E-state index in [-0.39, 0.29) is 35.9 Å². The van der Waals surface area contributed by atoms with Crippen LogP contribution in [0.3, 0.4) is 0 Å². The lowest BCUT2D eigenvalue weighted by molar-refractivity contribution is -0.194. The molecule has 56 heavy (non-hydrogen) atoms. The maximum absolute atomic E-state index is 14.1. The van der Waals surface area contributed by atoms with Gasteiger partial charge in [-0.25, -0.2) is 4.99 Å². The molecule has 11 heteroatoms. The van der Waals surface area contributed by atoms with Crippen LogP contribution in [0.15, 0.2) is 4.99 Å². The predicted octanol–water partition coefficient (Wildman–Crippen LogP) is 8.07. The van der Waals surface area contributed by atoms with Gasteiger partial charge in [-0.15, -0.1) is 0 Å². The van der Waals surface area contributed by atoms with Crippen LogP contribution < -0.4 is 16.8 Å². The first-order valence-corrected chi connectivity index (χ1v) is 23.7. The van der Waals surface area contributed by atoms with Crippen molar-refractivity contribution in [3.05, 3.63) is 0 Å². The van der Waals surface area contributed by atoms with E-state index in [2.05, 4.69) is 24.1 Å². The minimum absolute atomic E-state index is 0.0541. The van der Waals surface area contributed by atoms with Gasteiger partial charge in [0.25, 0.3) is 0 Å². The Labute approximate surface area is 340 Å². The van der Waals surface area contributed by atoms with Crippen molar-refractivity contribution in [2.75, 3.05) is 32.8 Å². The van der Waals surface area contributed by atoms with Crippen LogP contribution in [0, 0.1) is 5.92 Å². The normalized spacial score (nSPS) is 29.8. The number of aliphatic imine (C=N–C) groups is 1. The standard InChI is InChI=1S/C45H82N6O5/c1-3-38-24-16-17-28-44(56-38)35-37-26-27-39-41(45(29-21-23-36(2)55-45)49-43(48-44)51(37)39)42(53)54-34-20-14-12-10-8-6-4-5-7-9-11-13-15-25-40(52)50(33-22-31-47)32-19-18-30-46/h36-39,41H,3-35,46-47H2,1-2H3,(H,48,49)/t36-,37+,38+,39-,41-,44+,45-/m1/s1. The van der Waals surface area contributed by atoms with Gasteiger partial charge in [0.05, 0.1) is 24.9 Å². The predicted molar refractivity (Wildman–Crippen MR) is 225 cm³/mol. The first-order chi connectivity index (χ1) is 27.3. The molecule has 5 aliphatic rings. The molecule has 0 saturated carbocycles. The van der Waals surface area contributed by atoms with E-state index in [0.29, 0.717) is 32.2 Å². The molecule has 5 N–H and O–H groups in total. The van der Waals surface area contributed by atoms with Gasteiger partial charge >= 0.3 is 5.97 Å². The largest absolute Gasteiger partial charge is 0.465 e. The van der Waals surface area contributed by atoms with E-state index in [1.54, 1.807) is 0 Å². The highest BCUT2D eigenvalue weighted by Gasteiger charge is 2.62. The molecule has 0 aliphatic carbocycles. The number of carbonyl (C=O) groups excluding carboxylic acids is 2. The molecule has 11 nitrogen and oxygen atoms in total. The number of ether oxygens (including phenoxy) is 3. The van der Waals surface area contributed by atoms with E-state index >= 15 is 0 Å². The summed E-state index contributed by atoms with van der Waals surface area (Å²) in [4.78, 5) is 36.5. The van der Waals surface area contributed by atoms with Gasteiger partial charge in [-0.1, -0.05) is 84.0 Å². The van der Waals surface area contributed by atoms with Crippen molar-refractivity contribution in [1.82, 2.24) is 15.1 Å². The highest BCUT2D eigenvalue weighted by molar-refractivity contribution is 5.87. The van der Waals surface area contributed by atoms with E-state index in [4.69, 9.17) is 30.7 Å². The van der Waals surface area contributed by atoms with Crippen LogP contribution in [0.25, 0.3) is 0 Å². The lowest BCUT2D eigenvalue weighted by atomic mass is 9.80. The SMILES string of the molecule is CC[C@H]1CCCC[C@@]2(C[C@@H]3CC[C@@H]4[C@H](C(=O)OCCCCCCCCCCCCCCCC(=O)N(CCCN)CCCCN)[C@]5(CCC[C@@H](C)O5)N=C(N2)N34)O1. The van der Waals surface area contributed by atoms with Crippen molar-refractivity contribution in [3.63, 3.8) is 0 Å². The van der Waals surface area contributed by atoms with Gasteiger partial charge in [0.15, 0.2) is 11.7 Å². The van der Waals surface area contributed by atoms with Gasteiger partial charge in [0.2, 0.25) is 5.91 Å². The summed E-state index contributed by atoms with van der Waals surface area (Å²) in [5, 5.41) is 3.84. The van der Waals surface area contributed by atoms with Crippen molar-refractivity contribution in [2.45, 2.75) is 229 Å². The monoisotopic (exact) mass is 787 g/mol. The smallest absolute Gasteiger partial charge is 0.316 e. The summed E-state index contributed by atoms with van der Waals surface area (Å²) in [7, 11) is 0. The molecule has 1 amide bonds. The highest BCUT2D eigenvalue weighted by atomic mass is 16.6. The van der Waals surface area contributed by atoms with E-state index in [1.807, 2.05) is 4.90 Å². The number of hydrogen-bond acceptors (Lipinski definition) is 10. The number of nitrogens with zero attached hydrogens (tertiary/aromatic N) is 3. The van der Waals surface area contributed by atoms with E-state index in [1.165, 1.54) is 70.6 Å². The molecule has 0 unspecified atom stereocenters. The van der Waals surface area contributed by atoms with Gasteiger partial charge in [-0.2, -0.15) is 0 Å². The maximum atomic E-state index is 14.1. The lowest BCUT2D eigenvalue weighted by Gasteiger charge is -2.55. The highest BCUT2D eigenvalue weighted by Crippen LogP contribution is 2.50. The van der Waals surface area contributed by atoms with Crippen LogP contribution in [0.1, 0.15) is 194 Å². The van der Waals surface area contributed by atoms with Gasteiger partial charge < -0.3 is 40.8 Å². The zero-order chi connectivity index (χ0) is 39.6. The Bertz CT molecular complexity index is 1210. The van der Waals surface area contributed by atoms with Gasteiger partial charge in [0, 0.05) is 32.0 Å². The molecule has 0 bridgehead atoms. The van der Waals surface area contributed by atoms with Crippen LogP contribution in [-0.2, 0) is 23.8 Å². The number of amides is 1. The second-order valence-corrected chi connectivity index (χ2v) is 18.0. The summed E-state index contributed by atoms with van der Waals surface area (Å²) < 4.78 is 19.7. The average Bonchev–Trinajstić information content (AvgIpc) is 3.49. The lowest BCUT2D eigenvalue weighted by Crippen LogP contribution is -2.71. The third-order valence-electron chi connectivity index (χ3n) is 13.5. The summed E-state index contributed by atoms with van der Waals surface area (Å²) in [5.41, 5.74) is 10.1. The molecule has 7 atom stereocenters. The molecular formula is C45H82N6O5. The first-order valence-electron chi connectivity index (χ1n) is 23.7. The van der Waals surface area contributed by atoms with Crippen molar-refractivity contribution in [2.24, 2.45) is 22.4 Å². The third kappa shape index (κ3) is 12.8. The second kappa shape index (κ2) is 23.6. The number of esters is 1. The van der Waals surface area contributed by atoms with Crippen LogP contribution in [0.4, 0.5) is 0 Å². The summed E-state index contributed by atoms with van der Waals surface area (Å²) in [6.07, 6.45) is 30.7. The summed E-state index contributed by atoms with van der Waals surface area (Å²) >= 11 is 0. The second-order valence-electron chi connectivity index (χ2n) is 18.0. The number of nitrogens with one attached hydrogen (secondary N) is 1. The summed E-state index contributed by atoms with van der Waals surface area (Å²) in [6.45, 7) is 7.75. The topological polar surface area (TPSA) is 145 Å². The molecule has 0 aromatic heterocycles. The molecule has 0 aromatic rings.